The second-order valence-corrected chi connectivity index (χ2v) is 7.95. The quantitative estimate of drug-likeness (QED) is 0.428. The molecule has 35 heavy (non-hydrogen) atoms. The van der Waals surface area contributed by atoms with Gasteiger partial charge in [0.1, 0.15) is 23.3 Å². The molecular formula is C25H29N5O5. The van der Waals surface area contributed by atoms with E-state index >= 15 is 0 Å². The normalized spacial score (nSPS) is 14.7. The monoisotopic (exact) mass is 479 g/mol. The molecule has 10 heteroatoms. The molecule has 1 aromatic heterocycles. The highest BCUT2D eigenvalue weighted by molar-refractivity contribution is 6.06. The third-order valence-electron chi connectivity index (χ3n) is 5.79. The van der Waals surface area contributed by atoms with Crippen LogP contribution in [0.25, 0.3) is 0 Å². The lowest BCUT2D eigenvalue weighted by molar-refractivity contribution is -0.113. The van der Waals surface area contributed by atoms with Crippen LogP contribution in [0.5, 0.6) is 17.2 Å². The number of allylic oxidation sites excluding steroid dienone is 1. The van der Waals surface area contributed by atoms with Gasteiger partial charge in [-0.05, 0) is 43.7 Å². The number of ether oxygens (including phenoxy) is 3. The van der Waals surface area contributed by atoms with Gasteiger partial charge in [0.25, 0.3) is 5.91 Å². The number of aliphatic hydroxyl groups is 1. The standard InChI is InChI=1S/C25H29N5O5/c1-15-22(24(32)27-18-8-5-6-9-20(18)35-4)23(17-14-16(33-2)11-12-19(17)34-3)30-25(26-15)28-21(29-30)10-7-13-31/h5-6,8-9,11-12,14,23,31H,7,10,13H2,1-4H3,(H,27,32)(H,26,28,29)/t23-/m1/s1. The largest absolute Gasteiger partial charge is 0.497 e. The fourth-order valence-electron chi connectivity index (χ4n) is 4.11. The lowest BCUT2D eigenvalue weighted by Crippen LogP contribution is -2.32. The summed E-state index contributed by atoms with van der Waals surface area (Å²) in [6.07, 6.45) is 1.03. The van der Waals surface area contributed by atoms with Gasteiger partial charge in [-0.3, -0.25) is 4.79 Å². The molecule has 0 unspecified atom stereocenters. The number of anilines is 2. The highest BCUT2D eigenvalue weighted by atomic mass is 16.5. The highest BCUT2D eigenvalue weighted by Crippen LogP contribution is 2.41. The van der Waals surface area contributed by atoms with Gasteiger partial charge in [-0.15, -0.1) is 0 Å². The summed E-state index contributed by atoms with van der Waals surface area (Å²) >= 11 is 0. The number of aliphatic hydroxyl groups excluding tert-OH is 1. The van der Waals surface area contributed by atoms with E-state index in [1.54, 1.807) is 50.3 Å². The van der Waals surface area contributed by atoms with E-state index in [4.69, 9.17) is 14.2 Å². The number of amides is 1. The van der Waals surface area contributed by atoms with Crippen molar-refractivity contribution in [3.8, 4) is 17.2 Å². The first-order chi connectivity index (χ1) is 17.0. The molecule has 0 spiro atoms. The summed E-state index contributed by atoms with van der Waals surface area (Å²) in [5, 5.41) is 20.1. The molecule has 1 aliphatic heterocycles. The molecule has 2 aromatic carbocycles. The van der Waals surface area contributed by atoms with Gasteiger partial charge in [0, 0.05) is 24.3 Å². The fourth-order valence-corrected chi connectivity index (χ4v) is 4.11. The Morgan fingerprint density at radius 3 is 2.60 bits per heavy atom. The van der Waals surface area contributed by atoms with Gasteiger partial charge in [-0.2, -0.15) is 10.1 Å². The van der Waals surface area contributed by atoms with Crippen molar-refractivity contribution in [3.63, 3.8) is 0 Å². The van der Waals surface area contributed by atoms with E-state index in [2.05, 4.69) is 20.7 Å². The Morgan fingerprint density at radius 1 is 1.11 bits per heavy atom. The Labute approximate surface area is 203 Å². The minimum Gasteiger partial charge on any atom is -0.497 e. The van der Waals surface area contributed by atoms with Gasteiger partial charge >= 0.3 is 0 Å². The number of hydrogen-bond donors (Lipinski definition) is 3. The molecule has 0 fully saturated rings. The topological polar surface area (TPSA) is 120 Å². The lowest BCUT2D eigenvalue weighted by atomic mass is 9.94. The average molecular weight is 480 g/mol. The first kappa shape index (κ1) is 24.1. The number of benzene rings is 2. The second kappa shape index (κ2) is 10.5. The zero-order valence-corrected chi connectivity index (χ0v) is 20.2. The number of para-hydroxylation sites is 2. The Morgan fingerprint density at radius 2 is 1.89 bits per heavy atom. The van der Waals surface area contributed by atoms with Crippen molar-refractivity contribution in [1.82, 2.24) is 14.8 Å². The summed E-state index contributed by atoms with van der Waals surface area (Å²) in [5.41, 5.74) is 2.30. The summed E-state index contributed by atoms with van der Waals surface area (Å²) in [6, 6.07) is 12.0. The van der Waals surface area contributed by atoms with Crippen LogP contribution in [0, 0.1) is 0 Å². The zero-order chi connectivity index (χ0) is 24.9. The summed E-state index contributed by atoms with van der Waals surface area (Å²) < 4.78 is 18.2. The molecule has 3 aromatic rings. The van der Waals surface area contributed by atoms with Crippen molar-refractivity contribution < 1.29 is 24.1 Å². The van der Waals surface area contributed by atoms with Crippen LogP contribution in [0.4, 0.5) is 11.6 Å². The molecule has 1 atom stereocenters. The molecule has 0 radical (unpaired) electrons. The maximum absolute atomic E-state index is 13.7. The van der Waals surface area contributed by atoms with Gasteiger partial charge in [0.15, 0.2) is 5.82 Å². The Balaban J connectivity index is 1.84. The summed E-state index contributed by atoms with van der Waals surface area (Å²) in [4.78, 5) is 18.3. The van der Waals surface area contributed by atoms with E-state index in [-0.39, 0.29) is 12.5 Å². The van der Waals surface area contributed by atoms with Crippen molar-refractivity contribution in [2.45, 2.75) is 25.8 Å². The van der Waals surface area contributed by atoms with Gasteiger partial charge in [-0.1, -0.05) is 12.1 Å². The Bertz CT molecular complexity index is 1250. The lowest BCUT2D eigenvalue weighted by Gasteiger charge is -2.30. The number of carbonyl (C=O) groups excluding carboxylic acids is 1. The van der Waals surface area contributed by atoms with Crippen LogP contribution in [0.3, 0.4) is 0 Å². The Hall–Kier alpha value is -4.05. The van der Waals surface area contributed by atoms with E-state index in [1.165, 1.54) is 0 Å². The number of carbonyl (C=O) groups is 1. The number of nitrogens with one attached hydrogen (secondary N) is 2. The maximum atomic E-state index is 13.7. The SMILES string of the molecule is COc1ccc(OC)c([C@@H]2C(C(=O)Nc3ccccc3OC)=C(C)Nc3nc(CCCO)nn32)c1. The molecule has 2 heterocycles. The molecular weight excluding hydrogens is 450 g/mol. The molecule has 184 valence electrons. The maximum Gasteiger partial charge on any atom is 0.255 e. The molecule has 0 saturated carbocycles. The number of nitrogens with zero attached hydrogens (tertiary/aromatic N) is 3. The molecule has 0 aliphatic carbocycles. The van der Waals surface area contributed by atoms with E-state index < -0.39 is 6.04 Å². The highest BCUT2D eigenvalue weighted by Gasteiger charge is 2.36. The first-order valence-corrected chi connectivity index (χ1v) is 11.2. The minimum absolute atomic E-state index is 0.0360. The van der Waals surface area contributed by atoms with Gasteiger partial charge < -0.3 is 30.0 Å². The van der Waals surface area contributed by atoms with Crippen LogP contribution in [-0.2, 0) is 11.2 Å². The van der Waals surface area contributed by atoms with Crippen molar-refractivity contribution in [1.29, 1.82) is 0 Å². The number of aromatic nitrogens is 3. The molecule has 1 aliphatic rings. The summed E-state index contributed by atoms with van der Waals surface area (Å²) in [7, 11) is 4.71. The van der Waals surface area contributed by atoms with Crippen LogP contribution in [0.2, 0.25) is 0 Å². The zero-order valence-electron chi connectivity index (χ0n) is 20.2. The molecule has 4 rings (SSSR count). The van der Waals surface area contributed by atoms with E-state index in [0.29, 0.717) is 64.4 Å². The predicted molar refractivity (Wildman–Crippen MR) is 131 cm³/mol. The number of methoxy groups -OCH3 is 3. The van der Waals surface area contributed by atoms with Crippen molar-refractivity contribution in [2.75, 3.05) is 38.6 Å². The molecule has 0 bridgehead atoms. The smallest absolute Gasteiger partial charge is 0.255 e. The number of hydrogen-bond acceptors (Lipinski definition) is 8. The average Bonchev–Trinajstić information content (AvgIpc) is 3.28. The van der Waals surface area contributed by atoms with Gasteiger partial charge in [0.05, 0.1) is 32.6 Å². The third kappa shape index (κ3) is 4.78. The molecule has 0 saturated heterocycles. The fraction of sp³-hybridized carbons (Fsp3) is 0.320. The Kier molecular flexibility index (Phi) is 7.21. The van der Waals surface area contributed by atoms with Crippen molar-refractivity contribution >= 4 is 17.5 Å². The van der Waals surface area contributed by atoms with Crippen LogP contribution in [-0.4, -0.2) is 53.7 Å². The first-order valence-electron chi connectivity index (χ1n) is 11.2. The van der Waals surface area contributed by atoms with Crippen LogP contribution in [0.15, 0.2) is 53.7 Å². The second-order valence-electron chi connectivity index (χ2n) is 7.95. The summed E-state index contributed by atoms with van der Waals surface area (Å²) in [6.45, 7) is 1.86. The van der Waals surface area contributed by atoms with E-state index in [0.717, 1.165) is 0 Å². The molecule has 3 N–H and O–H groups in total. The van der Waals surface area contributed by atoms with E-state index in [9.17, 15) is 9.90 Å². The minimum atomic E-state index is -0.651. The van der Waals surface area contributed by atoms with Gasteiger partial charge in [0.2, 0.25) is 5.95 Å². The molecule has 1 amide bonds. The summed E-state index contributed by atoms with van der Waals surface area (Å²) in [5.74, 6) is 2.47. The van der Waals surface area contributed by atoms with E-state index in [1.807, 2.05) is 25.1 Å². The van der Waals surface area contributed by atoms with Crippen LogP contribution >= 0.6 is 0 Å². The van der Waals surface area contributed by atoms with Crippen LogP contribution in [0.1, 0.15) is 30.8 Å². The number of aryl methyl sites for hydroxylation is 1. The number of fused-ring (bicyclic) bond motifs is 1. The number of rotatable bonds is 9. The van der Waals surface area contributed by atoms with Crippen molar-refractivity contribution in [3.05, 3.63) is 65.1 Å². The molecule has 10 nitrogen and oxygen atoms in total. The predicted octanol–water partition coefficient (Wildman–Crippen LogP) is 3.16. The third-order valence-corrected chi connectivity index (χ3v) is 5.79. The van der Waals surface area contributed by atoms with Crippen molar-refractivity contribution in [2.24, 2.45) is 0 Å². The van der Waals surface area contributed by atoms with Gasteiger partial charge in [-0.25, -0.2) is 4.68 Å². The van der Waals surface area contributed by atoms with Crippen LogP contribution < -0.4 is 24.8 Å².